The van der Waals surface area contributed by atoms with Gasteiger partial charge in [0.05, 0.1) is 17.5 Å². The van der Waals surface area contributed by atoms with E-state index in [0.29, 0.717) is 34.4 Å². The van der Waals surface area contributed by atoms with Crippen molar-refractivity contribution in [3.05, 3.63) is 79.8 Å². The summed E-state index contributed by atoms with van der Waals surface area (Å²) in [6.07, 6.45) is 11.5. The molecule has 5 rings (SSSR count). The van der Waals surface area contributed by atoms with Gasteiger partial charge in [0.1, 0.15) is 17.1 Å². The highest BCUT2D eigenvalue weighted by molar-refractivity contribution is 5.88. The Balaban J connectivity index is 1.89. The van der Waals surface area contributed by atoms with Crippen LogP contribution in [0.15, 0.2) is 79.8 Å². The summed E-state index contributed by atoms with van der Waals surface area (Å²) in [5.41, 5.74) is 3.32. The van der Waals surface area contributed by atoms with Gasteiger partial charge < -0.3 is 0 Å². The van der Waals surface area contributed by atoms with Crippen molar-refractivity contribution in [2.24, 2.45) is 0 Å². The minimum Gasteiger partial charge on any atom is -0.259 e. The maximum atomic E-state index is 4.78. The summed E-state index contributed by atoms with van der Waals surface area (Å²) in [5, 5.41) is 13.1. The first-order chi connectivity index (χ1) is 14.4. The lowest BCUT2D eigenvalue weighted by molar-refractivity contribution is 0.837. The molecule has 0 aliphatic rings. The molecule has 0 N–H and O–H groups in total. The molecular weight excluding hydrogens is 366 g/mol. The molecule has 5 aromatic heterocycles. The van der Waals surface area contributed by atoms with Gasteiger partial charge in [-0.3, -0.25) is 9.97 Å². The van der Waals surface area contributed by atoms with Crippen LogP contribution in [-0.2, 0) is 0 Å². The van der Waals surface area contributed by atoms with Crippen LogP contribution in [0.25, 0.3) is 40.0 Å². The first kappa shape index (κ1) is 16.8. The Kier molecular flexibility index (Phi) is 4.22. The van der Waals surface area contributed by atoms with Crippen LogP contribution in [0.1, 0.15) is 0 Å². The quantitative estimate of drug-likeness (QED) is 0.469. The van der Waals surface area contributed by atoms with Gasteiger partial charge in [-0.15, -0.1) is 5.10 Å². The monoisotopic (exact) mass is 379 g/mol. The van der Waals surface area contributed by atoms with E-state index in [1.807, 2.05) is 30.3 Å². The molecule has 0 saturated heterocycles. The molecule has 9 heteroatoms. The Morgan fingerprint density at radius 1 is 0.690 bits per heavy atom. The summed E-state index contributed by atoms with van der Waals surface area (Å²) in [6.45, 7) is 0. The van der Waals surface area contributed by atoms with Crippen molar-refractivity contribution >= 4 is 0 Å². The average Bonchev–Trinajstić information content (AvgIpc) is 3.22. The molecule has 0 saturated carbocycles. The second kappa shape index (κ2) is 7.31. The summed E-state index contributed by atoms with van der Waals surface area (Å²) in [6, 6.07) is 11.1. The molecule has 0 amide bonds. The van der Waals surface area contributed by atoms with Crippen molar-refractivity contribution in [2.75, 3.05) is 0 Å². The number of aromatic nitrogens is 9. The molecule has 0 aliphatic carbocycles. The van der Waals surface area contributed by atoms with Crippen molar-refractivity contribution in [3.8, 4) is 40.0 Å². The summed E-state index contributed by atoms with van der Waals surface area (Å²) < 4.78 is 1.67. The third kappa shape index (κ3) is 3.10. The van der Waals surface area contributed by atoms with Crippen LogP contribution in [0.3, 0.4) is 0 Å². The summed E-state index contributed by atoms with van der Waals surface area (Å²) >= 11 is 0. The average molecular weight is 379 g/mol. The van der Waals surface area contributed by atoms with Crippen molar-refractivity contribution in [2.45, 2.75) is 0 Å². The predicted molar refractivity (Wildman–Crippen MR) is 104 cm³/mol. The Labute approximate surface area is 165 Å². The Hall–Kier alpha value is -4.40. The van der Waals surface area contributed by atoms with Crippen LogP contribution in [0, 0.1) is 0 Å². The number of hydrogen-bond donors (Lipinski definition) is 0. The molecule has 0 aromatic carbocycles. The standard InChI is InChI=1S/C20H13N9/c1-2-7-22-14(5-1)17-18(20-24-8-4-9-25-20)28-29(16-13-21-11-12-23-16)19(17)15-6-3-10-26-27-15/h1-13H. The maximum absolute atomic E-state index is 4.78. The van der Waals surface area contributed by atoms with Gasteiger partial charge in [0.15, 0.2) is 11.6 Å². The van der Waals surface area contributed by atoms with Crippen molar-refractivity contribution in [3.63, 3.8) is 0 Å². The zero-order valence-corrected chi connectivity index (χ0v) is 15.0. The van der Waals surface area contributed by atoms with E-state index in [4.69, 9.17) is 5.10 Å². The molecule has 0 bridgehead atoms. The van der Waals surface area contributed by atoms with Gasteiger partial charge in [-0.1, -0.05) is 6.07 Å². The first-order valence-corrected chi connectivity index (χ1v) is 8.78. The largest absolute Gasteiger partial charge is 0.259 e. The van der Waals surface area contributed by atoms with Crippen LogP contribution >= 0.6 is 0 Å². The third-order valence-electron chi connectivity index (χ3n) is 4.17. The molecule has 0 unspecified atom stereocenters. The lowest BCUT2D eigenvalue weighted by Crippen LogP contribution is -2.04. The number of nitrogens with zero attached hydrogens (tertiary/aromatic N) is 9. The van der Waals surface area contributed by atoms with Gasteiger partial charge in [0.25, 0.3) is 0 Å². The minimum atomic E-state index is 0.473. The predicted octanol–water partition coefficient (Wildman–Crippen LogP) is 2.64. The summed E-state index contributed by atoms with van der Waals surface area (Å²) in [7, 11) is 0. The van der Waals surface area contributed by atoms with Gasteiger partial charge in [0, 0.05) is 37.2 Å². The van der Waals surface area contributed by atoms with Gasteiger partial charge in [0.2, 0.25) is 0 Å². The molecule has 0 radical (unpaired) electrons. The zero-order valence-electron chi connectivity index (χ0n) is 15.0. The Morgan fingerprint density at radius 2 is 1.55 bits per heavy atom. The third-order valence-corrected chi connectivity index (χ3v) is 4.17. The van der Waals surface area contributed by atoms with E-state index in [9.17, 15) is 0 Å². The molecule has 0 fully saturated rings. The van der Waals surface area contributed by atoms with E-state index < -0.39 is 0 Å². The maximum Gasteiger partial charge on any atom is 0.180 e. The minimum absolute atomic E-state index is 0.473. The van der Waals surface area contributed by atoms with E-state index in [1.54, 1.807) is 54.1 Å². The molecule has 138 valence electrons. The van der Waals surface area contributed by atoms with Crippen LogP contribution in [0.5, 0.6) is 0 Å². The molecule has 29 heavy (non-hydrogen) atoms. The lowest BCUT2D eigenvalue weighted by Gasteiger charge is -2.07. The van der Waals surface area contributed by atoms with Gasteiger partial charge in [-0.05, 0) is 30.3 Å². The van der Waals surface area contributed by atoms with Gasteiger partial charge in [-0.25, -0.2) is 19.6 Å². The normalized spacial score (nSPS) is 10.8. The molecule has 0 spiro atoms. The van der Waals surface area contributed by atoms with E-state index in [2.05, 4.69) is 35.1 Å². The van der Waals surface area contributed by atoms with Crippen LogP contribution < -0.4 is 0 Å². The van der Waals surface area contributed by atoms with Crippen molar-refractivity contribution in [1.82, 2.24) is 44.9 Å². The fourth-order valence-corrected chi connectivity index (χ4v) is 2.98. The lowest BCUT2D eigenvalue weighted by atomic mass is 10.1. The van der Waals surface area contributed by atoms with Crippen molar-refractivity contribution in [1.29, 1.82) is 0 Å². The van der Waals surface area contributed by atoms with Crippen LogP contribution in [-0.4, -0.2) is 44.9 Å². The fourth-order valence-electron chi connectivity index (χ4n) is 2.98. The van der Waals surface area contributed by atoms with Crippen LogP contribution in [0.2, 0.25) is 0 Å². The van der Waals surface area contributed by atoms with E-state index in [-0.39, 0.29) is 0 Å². The molecule has 9 nitrogen and oxygen atoms in total. The van der Waals surface area contributed by atoms with Crippen molar-refractivity contribution < 1.29 is 0 Å². The second-order valence-electron chi connectivity index (χ2n) is 5.94. The highest BCUT2D eigenvalue weighted by Gasteiger charge is 2.26. The smallest absolute Gasteiger partial charge is 0.180 e. The second-order valence-corrected chi connectivity index (χ2v) is 5.94. The fraction of sp³-hybridized carbons (Fsp3) is 0. The summed E-state index contributed by atoms with van der Waals surface area (Å²) in [4.78, 5) is 21.9. The summed E-state index contributed by atoms with van der Waals surface area (Å²) in [5.74, 6) is 1.01. The topological polar surface area (TPSA) is 108 Å². The first-order valence-electron chi connectivity index (χ1n) is 8.78. The zero-order chi connectivity index (χ0) is 19.5. The van der Waals surface area contributed by atoms with Crippen LogP contribution in [0.4, 0.5) is 0 Å². The number of hydrogen-bond acceptors (Lipinski definition) is 8. The number of rotatable bonds is 4. The molecule has 0 aliphatic heterocycles. The van der Waals surface area contributed by atoms with Gasteiger partial charge in [-0.2, -0.15) is 10.2 Å². The highest BCUT2D eigenvalue weighted by atomic mass is 15.3. The number of pyridine rings is 1. The van der Waals surface area contributed by atoms with E-state index in [0.717, 1.165) is 5.56 Å². The molecule has 0 atom stereocenters. The molecule has 5 heterocycles. The van der Waals surface area contributed by atoms with Gasteiger partial charge >= 0.3 is 0 Å². The van der Waals surface area contributed by atoms with E-state index >= 15 is 0 Å². The Morgan fingerprint density at radius 3 is 2.28 bits per heavy atom. The highest BCUT2D eigenvalue weighted by Crippen LogP contribution is 2.38. The SMILES string of the molecule is c1ccc(-c2c(-c3ncccn3)nn(-c3cnccn3)c2-c2cccnn2)nc1. The molecular formula is C20H13N9. The Bertz CT molecular complexity index is 1130. The van der Waals surface area contributed by atoms with E-state index in [1.165, 1.54) is 0 Å². The molecule has 5 aromatic rings.